The fourth-order valence-electron chi connectivity index (χ4n) is 2.06. The predicted octanol–water partition coefficient (Wildman–Crippen LogP) is 1.91. The molecule has 1 fully saturated rings. The van der Waals surface area contributed by atoms with E-state index >= 15 is 0 Å². The zero-order valence-electron chi connectivity index (χ0n) is 10.5. The van der Waals surface area contributed by atoms with Gasteiger partial charge in [-0.3, -0.25) is 4.84 Å². The van der Waals surface area contributed by atoms with Crippen LogP contribution in [0.5, 0.6) is 0 Å². The summed E-state index contributed by atoms with van der Waals surface area (Å²) in [5.74, 6) is 0. The summed E-state index contributed by atoms with van der Waals surface area (Å²) < 4.78 is 23.9. The first-order chi connectivity index (χ1) is 9.12. The molecule has 0 aromatic heterocycles. The normalized spacial score (nSPS) is 16.4. The van der Waals surface area contributed by atoms with Gasteiger partial charge in [-0.1, -0.05) is 29.9 Å². The van der Waals surface area contributed by atoms with Gasteiger partial charge in [0.2, 0.25) is 0 Å². The summed E-state index contributed by atoms with van der Waals surface area (Å²) in [6, 6.07) is 8.24. The molecule has 0 spiro atoms. The van der Waals surface area contributed by atoms with E-state index < -0.39 is 10.0 Å². The van der Waals surface area contributed by atoms with E-state index in [2.05, 4.69) is 4.89 Å². The average molecular weight is 280 g/mol. The smallest absolute Gasteiger partial charge is 0.262 e. The Morgan fingerprint density at radius 3 is 2.47 bits per heavy atom. The molecule has 1 N–H and O–H groups in total. The Bertz CT molecular complexity index is 555. The van der Waals surface area contributed by atoms with Crippen molar-refractivity contribution in [2.24, 2.45) is 0 Å². The van der Waals surface area contributed by atoms with E-state index in [0.717, 1.165) is 31.2 Å². The van der Waals surface area contributed by atoms with E-state index in [9.17, 15) is 8.42 Å². The largest absolute Gasteiger partial charge is 0.284 e. The molecule has 0 aliphatic heterocycles. The molecule has 2 rings (SSSR count). The number of rotatable bonds is 5. The number of sulfonamides is 1. The van der Waals surface area contributed by atoms with Crippen LogP contribution in [0.3, 0.4) is 0 Å². The summed E-state index contributed by atoms with van der Waals surface area (Å²) in [6.45, 7) is 0. The summed E-state index contributed by atoms with van der Waals surface area (Å²) in [6.07, 6.45) is 4.19. The van der Waals surface area contributed by atoms with Crippen LogP contribution in [0.2, 0.25) is 0 Å². The molecule has 0 atom stereocenters. The third kappa shape index (κ3) is 3.77. The molecule has 1 aliphatic rings. The molecule has 1 aromatic rings. The van der Waals surface area contributed by atoms with Gasteiger partial charge < -0.3 is 0 Å². The monoisotopic (exact) mass is 280 g/mol. The minimum atomic E-state index is -3.63. The summed E-state index contributed by atoms with van der Waals surface area (Å²) in [4.78, 5) is 7.53. The standard InChI is InChI=1S/C13H16N2O3S/c14-10-9-11-5-7-13(8-6-11)19(16,17)15-18-12-3-1-2-4-12/h5-8,12,15H,1-4,9H2. The molecule has 0 unspecified atom stereocenters. The highest BCUT2D eigenvalue weighted by molar-refractivity contribution is 7.89. The highest BCUT2D eigenvalue weighted by Gasteiger charge is 2.20. The fourth-order valence-corrected chi connectivity index (χ4v) is 2.92. The highest BCUT2D eigenvalue weighted by atomic mass is 32.2. The van der Waals surface area contributed by atoms with Crippen LogP contribution in [-0.2, 0) is 21.3 Å². The van der Waals surface area contributed by atoms with Crippen LogP contribution in [0.1, 0.15) is 31.2 Å². The zero-order valence-corrected chi connectivity index (χ0v) is 11.3. The molecule has 0 bridgehead atoms. The van der Waals surface area contributed by atoms with Gasteiger partial charge in [0.25, 0.3) is 10.0 Å². The Morgan fingerprint density at radius 1 is 1.26 bits per heavy atom. The highest BCUT2D eigenvalue weighted by Crippen LogP contribution is 2.20. The maximum atomic E-state index is 12.0. The number of benzene rings is 1. The van der Waals surface area contributed by atoms with Crippen molar-refractivity contribution in [3.8, 4) is 6.07 Å². The molecule has 1 saturated carbocycles. The first kappa shape index (κ1) is 14.0. The Balaban J connectivity index is 2.00. The third-order valence-electron chi connectivity index (χ3n) is 3.14. The summed E-state index contributed by atoms with van der Waals surface area (Å²) in [5, 5.41) is 8.55. The predicted molar refractivity (Wildman–Crippen MR) is 69.4 cm³/mol. The van der Waals surface area contributed by atoms with Crippen molar-refractivity contribution in [2.75, 3.05) is 0 Å². The lowest BCUT2D eigenvalue weighted by Crippen LogP contribution is -2.28. The second-order valence-corrected chi connectivity index (χ2v) is 6.23. The number of hydrogen-bond acceptors (Lipinski definition) is 4. The van der Waals surface area contributed by atoms with Crippen molar-refractivity contribution in [2.45, 2.75) is 43.1 Å². The van der Waals surface area contributed by atoms with E-state index in [-0.39, 0.29) is 17.4 Å². The van der Waals surface area contributed by atoms with E-state index in [4.69, 9.17) is 10.1 Å². The van der Waals surface area contributed by atoms with Gasteiger partial charge >= 0.3 is 0 Å². The van der Waals surface area contributed by atoms with Crippen LogP contribution in [0.15, 0.2) is 29.2 Å². The molecular formula is C13H16N2O3S. The number of hydrogen-bond donors (Lipinski definition) is 1. The lowest BCUT2D eigenvalue weighted by atomic mass is 10.2. The first-order valence-corrected chi connectivity index (χ1v) is 7.73. The van der Waals surface area contributed by atoms with Crippen LogP contribution in [-0.4, -0.2) is 14.5 Å². The Labute approximate surface area is 113 Å². The van der Waals surface area contributed by atoms with Crippen molar-refractivity contribution in [3.05, 3.63) is 29.8 Å². The van der Waals surface area contributed by atoms with Crippen LogP contribution in [0.25, 0.3) is 0 Å². The second kappa shape index (κ2) is 6.15. The molecule has 1 aliphatic carbocycles. The molecule has 0 saturated heterocycles. The molecule has 1 aromatic carbocycles. The first-order valence-electron chi connectivity index (χ1n) is 6.25. The SMILES string of the molecule is N#CCc1ccc(S(=O)(=O)NOC2CCCC2)cc1. The molecule has 6 heteroatoms. The average Bonchev–Trinajstić information content (AvgIpc) is 2.91. The van der Waals surface area contributed by atoms with Crippen LogP contribution in [0.4, 0.5) is 0 Å². The number of nitriles is 1. The maximum Gasteiger partial charge on any atom is 0.262 e. The van der Waals surface area contributed by atoms with Gasteiger partial charge in [-0.15, -0.1) is 0 Å². The molecule has 0 radical (unpaired) electrons. The van der Waals surface area contributed by atoms with Gasteiger partial charge in [0.1, 0.15) is 0 Å². The third-order valence-corrected chi connectivity index (χ3v) is 4.35. The van der Waals surface area contributed by atoms with E-state index in [1.165, 1.54) is 12.1 Å². The van der Waals surface area contributed by atoms with Gasteiger partial charge in [-0.25, -0.2) is 8.42 Å². The van der Waals surface area contributed by atoms with Crippen molar-refractivity contribution in [3.63, 3.8) is 0 Å². The molecule has 102 valence electrons. The lowest BCUT2D eigenvalue weighted by molar-refractivity contribution is 0.0223. The number of nitrogens with one attached hydrogen (secondary N) is 1. The topological polar surface area (TPSA) is 79.2 Å². The summed E-state index contributed by atoms with van der Waals surface area (Å²) in [7, 11) is -3.63. The summed E-state index contributed by atoms with van der Waals surface area (Å²) >= 11 is 0. The molecule has 5 nitrogen and oxygen atoms in total. The van der Waals surface area contributed by atoms with Crippen molar-refractivity contribution >= 4 is 10.0 Å². The van der Waals surface area contributed by atoms with Gasteiger partial charge in [-0.2, -0.15) is 5.26 Å². The van der Waals surface area contributed by atoms with Crippen molar-refractivity contribution in [1.82, 2.24) is 4.89 Å². The van der Waals surface area contributed by atoms with Crippen LogP contribution in [0, 0.1) is 11.3 Å². The van der Waals surface area contributed by atoms with Crippen molar-refractivity contribution < 1.29 is 13.3 Å². The molecular weight excluding hydrogens is 264 g/mol. The van der Waals surface area contributed by atoms with E-state index in [0.29, 0.717) is 0 Å². The van der Waals surface area contributed by atoms with Gasteiger partial charge in [0.05, 0.1) is 23.5 Å². The van der Waals surface area contributed by atoms with Crippen LogP contribution < -0.4 is 4.89 Å². The van der Waals surface area contributed by atoms with Gasteiger partial charge in [0.15, 0.2) is 0 Å². The fraction of sp³-hybridized carbons (Fsp3) is 0.462. The zero-order chi connectivity index (χ0) is 13.7. The van der Waals surface area contributed by atoms with E-state index in [1.54, 1.807) is 12.1 Å². The minimum Gasteiger partial charge on any atom is -0.284 e. The van der Waals surface area contributed by atoms with Gasteiger partial charge in [0, 0.05) is 0 Å². The maximum absolute atomic E-state index is 12.0. The minimum absolute atomic E-state index is 0.0207. The molecule has 19 heavy (non-hydrogen) atoms. The Kier molecular flexibility index (Phi) is 4.53. The quantitative estimate of drug-likeness (QED) is 0.835. The lowest BCUT2D eigenvalue weighted by Gasteiger charge is -2.12. The van der Waals surface area contributed by atoms with Crippen molar-refractivity contribution in [1.29, 1.82) is 5.26 Å². The van der Waals surface area contributed by atoms with Crippen LogP contribution >= 0.6 is 0 Å². The molecule has 0 heterocycles. The molecule has 0 amide bonds. The van der Waals surface area contributed by atoms with E-state index in [1.807, 2.05) is 6.07 Å². The Hall–Kier alpha value is -1.42. The second-order valence-electron chi connectivity index (χ2n) is 4.59. The van der Waals surface area contributed by atoms with Gasteiger partial charge in [-0.05, 0) is 30.5 Å². The summed E-state index contributed by atoms with van der Waals surface area (Å²) in [5.41, 5.74) is 0.790. The number of nitrogens with zero attached hydrogens (tertiary/aromatic N) is 1. The Morgan fingerprint density at radius 2 is 1.89 bits per heavy atom.